The normalized spacial score (nSPS) is 19.1. The molecule has 0 radical (unpaired) electrons. The van der Waals surface area contributed by atoms with Crippen LogP contribution in [-0.4, -0.2) is 15.0 Å². The van der Waals surface area contributed by atoms with E-state index in [2.05, 4.69) is 26.1 Å². The molecule has 2 rings (SSSR count). The van der Waals surface area contributed by atoms with Gasteiger partial charge < -0.3 is 5.32 Å². The van der Waals surface area contributed by atoms with Gasteiger partial charge in [-0.25, -0.2) is 13.6 Å². The van der Waals surface area contributed by atoms with E-state index in [1.807, 2.05) is 6.07 Å². The molecule has 0 spiro atoms. The van der Waals surface area contributed by atoms with Crippen LogP contribution in [0.3, 0.4) is 0 Å². The van der Waals surface area contributed by atoms with E-state index < -0.39 is 10.0 Å². The summed E-state index contributed by atoms with van der Waals surface area (Å²) in [4.78, 5) is 0.175. The smallest absolute Gasteiger partial charge is 0.238 e. The molecule has 20 heavy (non-hydrogen) atoms. The Hall–Kier alpha value is -0.910. The Kier molecular flexibility index (Phi) is 4.23. The topological polar surface area (TPSA) is 72.2 Å². The quantitative estimate of drug-likeness (QED) is 0.847. The van der Waals surface area contributed by atoms with Crippen LogP contribution < -0.4 is 10.5 Å². The molecule has 1 aromatic rings. The summed E-state index contributed by atoms with van der Waals surface area (Å²) in [5.41, 5.74) is 1.39. The first kappa shape index (κ1) is 15.5. The van der Waals surface area contributed by atoms with E-state index in [0.29, 0.717) is 11.3 Å². The largest absolute Gasteiger partial charge is 0.310 e. The standard InChI is InChI=1S/C15H24N2O2S/c1-11(2)15(7-8-15)10-17-12(3)13-5-4-6-14(9-13)20(16,18)19/h4-6,9,11-12,17H,7-8,10H2,1-3H3,(H2,16,18,19). The molecule has 1 saturated carbocycles. The van der Waals surface area contributed by atoms with Gasteiger partial charge in [0.1, 0.15) is 0 Å². The van der Waals surface area contributed by atoms with Gasteiger partial charge in [0, 0.05) is 12.6 Å². The molecule has 1 atom stereocenters. The zero-order valence-corrected chi connectivity index (χ0v) is 13.2. The highest BCUT2D eigenvalue weighted by Crippen LogP contribution is 2.51. The predicted molar refractivity (Wildman–Crippen MR) is 80.7 cm³/mol. The molecule has 4 nitrogen and oxygen atoms in total. The van der Waals surface area contributed by atoms with E-state index >= 15 is 0 Å². The molecule has 1 fully saturated rings. The van der Waals surface area contributed by atoms with Crippen LogP contribution in [0.5, 0.6) is 0 Å². The minimum Gasteiger partial charge on any atom is -0.310 e. The van der Waals surface area contributed by atoms with Crippen LogP contribution in [-0.2, 0) is 10.0 Å². The molecule has 1 unspecified atom stereocenters. The van der Waals surface area contributed by atoms with Crippen molar-refractivity contribution in [1.29, 1.82) is 0 Å². The molecule has 1 aliphatic carbocycles. The van der Waals surface area contributed by atoms with Gasteiger partial charge in [-0.2, -0.15) is 0 Å². The summed E-state index contributed by atoms with van der Waals surface area (Å²) in [6.45, 7) is 7.56. The van der Waals surface area contributed by atoms with Gasteiger partial charge in [0.05, 0.1) is 4.90 Å². The summed E-state index contributed by atoms with van der Waals surface area (Å²) < 4.78 is 22.8. The highest BCUT2D eigenvalue weighted by molar-refractivity contribution is 7.89. The van der Waals surface area contributed by atoms with Gasteiger partial charge in [-0.3, -0.25) is 0 Å². The molecule has 0 bridgehead atoms. The van der Waals surface area contributed by atoms with E-state index in [9.17, 15) is 8.42 Å². The molecule has 1 aliphatic rings. The van der Waals surface area contributed by atoms with Crippen LogP contribution in [0.4, 0.5) is 0 Å². The van der Waals surface area contributed by atoms with E-state index in [1.165, 1.54) is 18.9 Å². The van der Waals surface area contributed by atoms with Gasteiger partial charge in [0.25, 0.3) is 0 Å². The van der Waals surface area contributed by atoms with Crippen LogP contribution in [0.1, 0.15) is 45.2 Å². The second-order valence-corrected chi connectivity index (χ2v) is 7.80. The van der Waals surface area contributed by atoms with Crippen LogP contribution in [0.25, 0.3) is 0 Å². The van der Waals surface area contributed by atoms with Crippen molar-refractivity contribution in [2.75, 3.05) is 6.54 Å². The van der Waals surface area contributed by atoms with Gasteiger partial charge in [-0.1, -0.05) is 26.0 Å². The summed E-state index contributed by atoms with van der Waals surface area (Å²) in [6.07, 6.45) is 2.56. The van der Waals surface area contributed by atoms with E-state index in [-0.39, 0.29) is 10.9 Å². The Balaban J connectivity index is 2.05. The molecule has 0 saturated heterocycles. The lowest BCUT2D eigenvalue weighted by atomic mass is 9.92. The molecule has 0 amide bonds. The maximum absolute atomic E-state index is 11.4. The van der Waals surface area contributed by atoms with Crippen molar-refractivity contribution in [3.63, 3.8) is 0 Å². The Morgan fingerprint density at radius 2 is 1.95 bits per heavy atom. The van der Waals surface area contributed by atoms with Crippen molar-refractivity contribution in [2.24, 2.45) is 16.5 Å². The molecule has 5 heteroatoms. The summed E-state index contributed by atoms with van der Waals surface area (Å²) in [7, 11) is -3.63. The maximum Gasteiger partial charge on any atom is 0.238 e. The molecule has 3 N–H and O–H groups in total. The van der Waals surface area contributed by atoms with Crippen LogP contribution in [0, 0.1) is 11.3 Å². The van der Waals surface area contributed by atoms with Crippen molar-refractivity contribution >= 4 is 10.0 Å². The Morgan fingerprint density at radius 3 is 2.45 bits per heavy atom. The van der Waals surface area contributed by atoms with Crippen molar-refractivity contribution < 1.29 is 8.42 Å². The summed E-state index contributed by atoms with van der Waals surface area (Å²) in [5.74, 6) is 0.679. The Labute approximate surface area is 121 Å². The summed E-state index contributed by atoms with van der Waals surface area (Å²) in [6, 6.07) is 6.97. The lowest BCUT2D eigenvalue weighted by Crippen LogP contribution is -2.29. The number of nitrogens with one attached hydrogen (secondary N) is 1. The van der Waals surface area contributed by atoms with Gasteiger partial charge in [-0.15, -0.1) is 0 Å². The van der Waals surface area contributed by atoms with E-state index in [4.69, 9.17) is 5.14 Å². The average molecular weight is 296 g/mol. The lowest BCUT2D eigenvalue weighted by molar-refractivity contribution is 0.325. The summed E-state index contributed by atoms with van der Waals surface area (Å²) >= 11 is 0. The van der Waals surface area contributed by atoms with Gasteiger partial charge >= 0.3 is 0 Å². The SMILES string of the molecule is CC(NCC1(C(C)C)CC1)c1cccc(S(N)(=O)=O)c1. The number of sulfonamides is 1. The average Bonchev–Trinajstić information content (AvgIpc) is 3.16. The van der Waals surface area contributed by atoms with Gasteiger partial charge in [-0.05, 0) is 48.8 Å². The Morgan fingerprint density at radius 1 is 1.30 bits per heavy atom. The second kappa shape index (κ2) is 5.47. The van der Waals surface area contributed by atoms with Crippen molar-refractivity contribution in [1.82, 2.24) is 5.32 Å². The van der Waals surface area contributed by atoms with Crippen LogP contribution in [0.2, 0.25) is 0 Å². The molecule has 0 aliphatic heterocycles. The molecular formula is C15H24N2O2S. The zero-order valence-electron chi connectivity index (χ0n) is 12.4. The third-order valence-electron chi connectivity index (χ3n) is 4.56. The third kappa shape index (κ3) is 3.40. The molecule has 1 aromatic carbocycles. The highest BCUT2D eigenvalue weighted by Gasteiger charge is 2.44. The van der Waals surface area contributed by atoms with Crippen molar-refractivity contribution in [3.05, 3.63) is 29.8 Å². The fourth-order valence-corrected chi connectivity index (χ4v) is 3.12. The monoisotopic (exact) mass is 296 g/mol. The van der Waals surface area contributed by atoms with Crippen molar-refractivity contribution in [2.45, 2.75) is 44.6 Å². The first-order valence-electron chi connectivity index (χ1n) is 7.11. The van der Waals surface area contributed by atoms with Crippen LogP contribution in [0.15, 0.2) is 29.2 Å². The van der Waals surface area contributed by atoms with Gasteiger partial charge in [0.2, 0.25) is 10.0 Å². The zero-order chi connectivity index (χ0) is 15.0. The van der Waals surface area contributed by atoms with Gasteiger partial charge in [0.15, 0.2) is 0 Å². The highest BCUT2D eigenvalue weighted by atomic mass is 32.2. The first-order chi connectivity index (χ1) is 9.24. The fourth-order valence-electron chi connectivity index (χ4n) is 2.55. The number of rotatable bonds is 6. The number of primary sulfonamides is 1. The van der Waals surface area contributed by atoms with E-state index in [1.54, 1.807) is 12.1 Å². The number of nitrogens with two attached hydrogens (primary N) is 1. The third-order valence-corrected chi connectivity index (χ3v) is 5.47. The number of benzene rings is 1. The number of hydrogen-bond acceptors (Lipinski definition) is 3. The molecule has 112 valence electrons. The van der Waals surface area contributed by atoms with Crippen LogP contribution >= 0.6 is 0 Å². The van der Waals surface area contributed by atoms with Crippen molar-refractivity contribution in [3.8, 4) is 0 Å². The molecular weight excluding hydrogens is 272 g/mol. The summed E-state index contributed by atoms with van der Waals surface area (Å²) in [5, 5.41) is 8.70. The number of hydrogen-bond donors (Lipinski definition) is 2. The van der Waals surface area contributed by atoms with E-state index in [0.717, 1.165) is 12.1 Å². The maximum atomic E-state index is 11.4. The molecule has 0 aromatic heterocycles. The fraction of sp³-hybridized carbons (Fsp3) is 0.600. The first-order valence-corrected chi connectivity index (χ1v) is 8.65. The second-order valence-electron chi connectivity index (χ2n) is 6.24. The lowest BCUT2D eigenvalue weighted by Gasteiger charge is -2.23. The Bertz CT molecular complexity index is 577. The minimum absolute atomic E-state index is 0.118. The minimum atomic E-state index is -3.63. The predicted octanol–water partition coefficient (Wildman–Crippen LogP) is 2.42. The molecule has 0 heterocycles.